The van der Waals surface area contributed by atoms with E-state index in [4.69, 9.17) is 11.6 Å². The number of halogens is 1. The van der Waals surface area contributed by atoms with E-state index in [0.717, 1.165) is 5.56 Å². The van der Waals surface area contributed by atoms with Crippen molar-refractivity contribution in [3.63, 3.8) is 0 Å². The molecule has 0 radical (unpaired) electrons. The van der Waals surface area contributed by atoms with Crippen LogP contribution in [0.1, 0.15) is 36.7 Å². The lowest BCUT2D eigenvalue weighted by atomic mass is 10.1. The lowest BCUT2D eigenvalue weighted by Crippen LogP contribution is -2.40. The van der Waals surface area contributed by atoms with Gasteiger partial charge in [0.25, 0.3) is 5.91 Å². The van der Waals surface area contributed by atoms with Crippen LogP contribution in [0.4, 0.5) is 0 Å². The predicted molar refractivity (Wildman–Crippen MR) is 104 cm³/mol. The van der Waals surface area contributed by atoms with Crippen molar-refractivity contribution in [3.8, 4) is 0 Å². The number of sulfonamides is 1. The second-order valence-corrected chi connectivity index (χ2v) is 9.05. The molecule has 0 heterocycles. The summed E-state index contributed by atoms with van der Waals surface area (Å²) in [7, 11) is -3.83. The van der Waals surface area contributed by atoms with E-state index in [1.165, 1.54) is 18.2 Å². The van der Waals surface area contributed by atoms with Crippen molar-refractivity contribution in [3.05, 3.63) is 64.7 Å². The summed E-state index contributed by atoms with van der Waals surface area (Å²) in [5.41, 5.74) is 0.703. The fraction of sp³-hybridized carbons (Fsp3) is 0.316. The first-order valence-corrected chi connectivity index (χ1v) is 10.1. The molecule has 2 N–H and O–H groups in total. The average molecular weight is 395 g/mol. The Kier molecular flexibility index (Phi) is 6.44. The van der Waals surface area contributed by atoms with Crippen molar-refractivity contribution in [2.24, 2.45) is 0 Å². The molecule has 5 nitrogen and oxygen atoms in total. The number of hydrogen-bond donors (Lipinski definition) is 2. The quantitative estimate of drug-likeness (QED) is 0.788. The molecular weight excluding hydrogens is 372 g/mol. The van der Waals surface area contributed by atoms with Crippen molar-refractivity contribution < 1.29 is 13.2 Å². The SMILES string of the molecule is CC(C)(C)NS(=O)(=O)c1cc(C(=O)NCCc2ccccc2)ccc1Cl. The third kappa shape index (κ3) is 5.83. The van der Waals surface area contributed by atoms with Crippen molar-refractivity contribution >= 4 is 27.5 Å². The van der Waals surface area contributed by atoms with E-state index < -0.39 is 15.6 Å². The van der Waals surface area contributed by atoms with Gasteiger partial charge < -0.3 is 5.32 Å². The molecule has 2 rings (SSSR count). The zero-order chi connectivity index (χ0) is 19.4. The third-order valence-corrected chi connectivity index (χ3v) is 5.71. The molecule has 1 amide bonds. The van der Waals surface area contributed by atoms with Gasteiger partial charge in [-0.3, -0.25) is 4.79 Å². The van der Waals surface area contributed by atoms with Crippen LogP contribution < -0.4 is 10.0 Å². The molecular formula is C19H23ClN2O3S. The average Bonchev–Trinajstić information content (AvgIpc) is 2.53. The van der Waals surface area contributed by atoms with Crippen LogP contribution in [0.2, 0.25) is 5.02 Å². The highest BCUT2D eigenvalue weighted by Crippen LogP contribution is 2.24. The molecule has 0 aliphatic rings. The molecule has 7 heteroatoms. The molecule has 0 saturated heterocycles. The summed E-state index contributed by atoms with van der Waals surface area (Å²) in [6, 6.07) is 14.0. The zero-order valence-electron chi connectivity index (χ0n) is 15.0. The normalized spacial score (nSPS) is 12.0. The van der Waals surface area contributed by atoms with Gasteiger partial charge >= 0.3 is 0 Å². The Bertz CT molecular complexity index is 875. The number of carbonyl (C=O) groups excluding carboxylic acids is 1. The van der Waals surface area contributed by atoms with Gasteiger partial charge in [-0.05, 0) is 51.0 Å². The molecule has 140 valence electrons. The van der Waals surface area contributed by atoms with Gasteiger partial charge in [-0.2, -0.15) is 0 Å². The number of nitrogens with one attached hydrogen (secondary N) is 2. The molecule has 0 atom stereocenters. The summed E-state index contributed by atoms with van der Waals surface area (Å²) in [5.74, 6) is -0.343. The Morgan fingerprint density at radius 2 is 1.73 bits per heavy atom. The lowest BCUT2D eigenvalue weighted by molar-refractivity contribution is 0.0954. The van der Waals surface area contributed by atoms with Crippen LogP contribution in [0.5, 0.6) is 0 Å². The molecule has 2 aromatic carbocycles. The highest BCUT2D eigenvalue weighted by molar-refractivity contribution is 7.89. The second-order valence-electron chi connectivity index (χ2n) is 6.99. The molecule has 0 saturated carbocycles. The molecule has 0 aromatic heterocycles. The van der Waals surface area contributed by atoms with Crippen LogP contribution >= 0.6 is 11.6 Å². The summed E-state index contributed by atoms with van der Waals surface area (Å²) in [4.78, 5) is 12.2. The summed E-state index contributed by atoms with van der Waals surface area (Å²) in [5, 5.41) is 2.87. The number of carbonyl (C=O) groups is 1. The first-order chi connectivity index (χ1) is 12.1. The lowest BCUT2D eigenvalue weighted by Gasteiger charge is -2.21. The van der Waals surface area contributed by atoms with Crippen LogP contribution in [0, 0.1) is 0 Å². The largest absolute Gasteiger partial charge is 0.352 e. The second kappa shape index (κ2) is 8.20. The highest BCUT2D eigenvalue weighted by atomic mass is 35.5. The molecule has 2 aromatic rings. The minimum atomic E-state index is -3.83. The molecule has 26 heavy (non-hydrogen) atoms. The first kappa shape index (κ1) is 20.4. The molecule has 0 aliphatic heterocycles. The molecule has 0 spiro atoms. The topological polar surface area (TPSA) is 75.3 Å². The van der Waals surface area contributed by atoms with Gasteiger partial charge in [-0.25, -0.2) is 13.1 Å². The summed E-state index contributed by atoms with van der Waals surface area (Å²) < 4.78 is 27.6. The fourth-order valence-corrected chi connectivity index (χ4v) is 4.32. The maximum atomic E-state index is 12.5. The standard InChI is InChI=1S/C19H23ClN2O3S/c1-19(2,3)22-26(24,25)17-13-15(9-10-16(17)20)18(23)21-12-11-14-7-5-4-6-8-14/h4-10,13,22H,11-12H2,1-3H3,(H,21,23). The van der Waals surface area contributed by atoms with Crippen LogP contribution in [0.25, 0.3) is 0 Å². The number of hydrogen-bond acceptors (Lipinski definition) is 3. The van der Waals surface area contributed by atoms with E-state index in [2.05, 4.69) is 10.0 Å². The first-order valence-electron chi connectivity index (χ1n) is 8.24. The predicted octanol–water partition coefficient (Wildman–Crippen LogP) is 3.39. The van der Waals surface area contributed by atoms with Crippen molar-refractivity contribution in [1.82, 2.24) is 10.0 Å². The van der Waals surface area contributed by atoms with E-state index in [9.17, 15) is 13.2 Å². The van der Waals surface area contributed by atoms with E-state index in [-0.39, 0.29) is 21.4 Å². The van der Waals surface area contributed by atoms with E-state index >= 15 is 0 Å². The third-order valence-electron chi connectivity index (χ3n) is 3.47. The number of amides is 1. The van der Waals surface area contributed by atoms with Crippen molar-refractivity contribution in [2.75, 3.05) is 6.54 Å². The molecule has 0 unspecified atom stereocenters. The van der Waals surface area contributed by atoms with Crippen molar-refractivity contribution in [2.45, 2.75) is 37.6 Å². The van der Waals surface area contributed by atoms with Crippen LogP contribution in [0.15, 0.2) is 53.4 Å². The van der Waals surface area contributed by atoms with Crippen molar-refractivity contribution in [1.29, 1.82) is 0 Å². The minimum absolute atomic E-state index is 0.0718. The van der Waals surface area contributed by atoms with Crippen LogP contribution in [0.3, 0.4) is 0 Å². The number of benzene rings is 2. The van der Waals surface area contributed by atoms with Gasteiger partial charge in [0.2, 0.25) is 10.0 Å². The Balaban J connectivity index is 2.11. The number of rotatable bonds is 6. The summed E-state index contributed by atoms with van der Waals surface area (Å²) in [6.07, 6.45) is 0.691. The smallest absolute Gasteiger partial charge is 0.251 e. The Labute approximate surface area is 159 Å². The zero-order valence-corrected chi connectivity index (χ0v) is 16.6. The summed E-state index contributed by atoms with van der Waals surface area (Å²) >= 11 is 6.05. The minimum Gasteiger partial charge on any atom is -0.352 e. The van der Waals surface area contributed by atoms with Gasteiger partial charge in [-0.15, -0.1) is 0 Å². The van der Waals surface area contributed by atoms with Crippen LogP contribution in [-0.4, -0.2) is 26.4 Å². The van der Waals surface area contributed by atoms with E-state index in [0.29, 0.717) is 13.0 Å². The van der Waals surface area contributed by atoms with Crippen LogP contribution in [-0.2, 0) is 16.4 Å². The van der Waals surface area contributed by atoms with E-state index in [1.807, 2.05) is 30.3 Å². The molecule has 0 aliphatic carbocycles. The Morgan fingerprint density at radius 1 is 1.08 bits per heavy atom. The van der Waals surface area contributed by atoms with Gasteiger partial charge in [-0.1, -0.05) is 41.9 Å². The molecule has 0 bridgehead atoms. The monoisotopic (exact) mass is 394 g/mol. The highest BCUT2D eigenvalue weighted by Gasteiger charge is 2.25. The van der Waals surface area contributed by atoms with E-state index in [1.54, 1.807) is 20.8 Å². The van der Waals surface area contributed by atoms with Gasteiger partial charge in [0.05, 0.1) is 5.02 Å². The molecule has 0 fully saturated rings. The van der Waals surface area contributed by atoms with Gasteiger partial charge in [0.15, 0.2) is 0 Å². The Hall–Kier alpha value is -1.89. The Morgan fingerprint density at radius 3 is 2.35 bits per heavy atom. The fourth-order valence-electron chi connectivity index (χ4n) is 2.38. The van der Waals surface area contributed by atoms with Gasteiger partial charge in [0, 0.05) is 17.6 Å². The summed E-state index contributed by atoms with van der Waals surface area (Å²) in [6.45, 7) is 5.66. The van der Waals surface area contributed by atoms with Gasteiger partial charge in [0.1, 0.15) is 4.90 Å². The maximum Gasteiger partial charge on any atom is 0.251 e. The maximum absolute atomic E-state index is 12.5.